The van der Waals surface area contributed by atoms with Crippen molar-refractivity contribution in [3.63, 3.8) is 0 Å². The molecule has 0 aromatic heterocycles. The number of hydrogen-bond donors (Lipinski definition) is 1. The van der Waals surface area contributed by atoms with Gasteiger partial charge in [0.2, 0.25) is 5.12 Å². The van der Waals surface area contributed by atoms with Gasteiger partial charge in [-0.05, 0) is 38.1 Å². The average molecular weight is 307 g/mol. The second-order valence-corrected chi connectivity index (χ2v) is 6.63. The van der Waals surface area contributed by atoms with Crippen molar-refractivity contribution in [1.82, 2.24) is 0 Å². The van der Waals surface area contributed by atoms with Gasteiger partial charge in [-0.1, -0.05) is 11.8 Å². The molecule has 1 aromatic rings. The van der Waals surface area contributed by atoms with Crippen LogP contribution in [0, 0.1) is 0 Å². The molecule has 0 saturated carbocycles. The van der Waals surface area contributed by atoms with Gasteiger partial charge >= 0.3 is 0 Å². The van der Waals surface area contributed by atoms with E-state index in [2.05, 4.69) is 5.32 Å². The van der Waals surface area contributed by atoms with Gasteiger partial charge in [-0.15, -0.1) is 0 Å². The molecule has 6 heteroatoms. The zero-order valence-corrected chi connectivity index (χ0v) is 13.0. The lowest BCUT2D eigenvalue weighted by Gasteiger charge is -2.20. The summed E-state index contributed by atoms with van der Waals surface area (Å²) in [6, 6.07) is 7.01. The van der Waals surface area contributed by atoms with E-state index in [1.165, 1.54) is 17.8 Å². The number of hydrogen-bond acceptors (Lipinski definition) is 5. The molecule has 21 heavy (non-hydrogen) atoms. The van der Waals surface area contributed by atoms with Crippen molar-refractivity contribution in [2.45, 2.75) is 18.6 Å². The summed E-state index contributed by atoms with van der Waals surface area (Å²) in [4.78, 5) is 23.2. The summed E-state index contributed by atoms with van der Waals surface area (Å²) < 4.78 is 10.1. The molecule has 1 amide bonds. The number of methoxy groups -OCH3 is 1. The molecule has 1 heterocycles. The Labute approximate surface area is 127 Å². The SMILES string of the molecule is COc1ccc(NC(=O)COC2=CC(=O)SC2(C)C)cc1. The predicted molar refractivity (Wildman–Crippen MR) is 82.3 cm³/mol. The first-order chi connectivity index (χ1) is 9.90. The summed E-state index contributed by atoms with van der Waals surface area (Å²) >= 11 is 1.19. The first kappa shape index (κ1) is 15.4. The standard InChI is InChI=1S/C15H17NO4S/c1-15(2)12(8-14(18)21-15)20-9-13(17)16-10-4-6-11(19-3)7-5-10/h4-8H,9H2,1-3H3,(H,16,17). The number of nitrogens with one attached hydrogen (secondary N) is 1. The molecule has 1 aromatic carbocycles. The van der Waals surface area contributed by atoms with E-state index in [0.717, 1.165) is 5.75 Å². The van der Waals surface area contributed by atoms with Gasteiger partial charge in [-0.3, -0.25) is 9.59 Å². The highest BCUT2D eigenvalue weighted by Gasteiger charge is 2.35. The quantitative estimate of drug-likeness (QED) is 0.906. The fourth-order valence-electron chi connectivity index (χ4n) is 1.84. The van der Waals surface area contributed by atoms with Crippen LogP contribution in [0.25, 0.3) is 0 Å². The smallest absolute Gasteiger partial charge is 0.262 e. The highest BCUT2D eigenvalue weighted by Crippen LogP contribution is 2.39. The molecule has 0 bridgehead atoms. The maximum absolute atomic E-state index is 11.8. The Balaban J connectivity index is 1.87. The molecule has 0 saturated heterocycles. The Bertz CT molecular complexity index is 578. The molecule has 0 aliphatic carbocycles. The minimum Gasteiger partial charge on any atom is -0.497 e. The van der Waals surface area contributed by atoms with Crippen molar-refractivity contribution < 1.29 is 19.1 Å². The molecule has 0 unspecified atom stereocenters. The predicted octanol–water partition coefficient (Wildman–Crippen LogP) is 2.59. The Morgan fingerprint density at radius 1 is 1.29 bits per heavy atom. The maximum Gasteiger partial charge on any atom is 0.262 e. The third-order valence-electron chi connectivity index (χ3n) is 2.93. The van der Waals surface area contributed by atoms with E-state index in [0.29, 0.717) is 11.4 Å². The number of carbonyl (C=O) groups excluding carboxylic acids is 2. The molecule has 1 aliphatic heterocycles. The van der Waals surface area contributed by atoms with E-state index in [9.17, 15) is 9.59 Å². The summed E-state index contributed by atoms with van der Waals surface area (Å²) in [6.45, 7) is 3.64. The molecule has 0 atom stereocenters. The summed E-state index contributed by atoms with van der Waals surface area (Å²) in [5.74, 6) is 0.973. The summed E-state index contributed by atoms with van der Waals surface area (Å²) in [7, 11) is 1.58. The number of rotatable bonds is 5. The second kappa shape index (κ2) is 6.22. The molecule has 0 radical (unpaired) electrons. The topological polar surface area (TPSA) is 64.6 Å². The van der Waals surface area contributed by atoms with Gasteiger partial charge in [0, 0.05) is 11.8 Å². The first-order valence-electron chi connectivity index (χ1n) is 6.42. The van der Waals surface area contributed by atoms with E-state index in [1.54, 1.807) is 31.4 Å². The monoisotopic (exact) mass is 307 g/mol. The molecule has 1 aliphatic rings. The fourth-order valence-corrected chi connectivity index (χ4v) is 2.73. The van der Waals surface area contributed by atoms with Gasteiger partial charge in [0.05, 0.1) is 11.9 Å². The number of amides is 1. The summed E-state index contributed by atoms with van der Waals surface area (Å²) in [5.41, 5.74) is 0.662. The first-order valence-corrected chi connectivity index (χ1v) is 7.24. The van der Waals surface area contributed by atoms with E-state index in [1.807, 2.05) is 13.8 Å². The van der Waals surface area contributed by atoms with Gasteiger partial charge in [0.1, 0.15) is 11.5 Å². The zero-order valence-electron chi connectivity index (χ0n) is 12.1. The Morgan fingerprint density at radius 2 is 1.95 bits per heavy atom. The van der Waals surface area contributed by atoms with E-state index in [4.69, 9.17) is 9.47 Å². The van der Waals surface area contributed by atoms with E-state index < -0.39 is 4.75 Å². The van der Waals surface area contributed by atoms with Crippen molar-refractivity contribution in [2.24, 2.45) is 0 Å². The highest BCUT2D eigenvalue weighted by molar-refractivity contribution is 8.15. The fraction of sp³-hybridized carbons (Fsp3) is 0.333. The summed E-state index contributed by atoms with van der Waals surface area (Å²) in [5, 5.41) is 2.67. The van der Waals surface area contributed by atoms with Crippen LogP contribution in [-0.4, -0.2) is 29.5 Å². The molecular weight excluding hydrogens is 290 g/mol. The molecule has 5 nitrogen and oxygen atoms in total. The molecule has 2 rings (SSSR count). The Morgan fingerprint density at radius 3 is 2.48 bits per heavy atom. The van der Waals surface area contributed by atoms with Crippen molar-refractivity contribution in [3.05, 3.63) is 36.1 Å². The Kier molecular flexibility index (Phi) is 4.57. The van der Waals surface area contributed by atoms with Crippen LogP contribution in [0.5, 0.6) is 5.75 Å². The summed E-state index contributed by atoms with van der Waals surface area (Å²) in [6.07, 6.45) is 1.44. The van der Waals surface area contributed by atoms with Gasteiger partial charge in [0.25, 0.3) is 5.91 Å². The van der Waals surface area contributed by atoms with Crippen LogP contribution in [0.15, 0.2) is 36.1 Å². The number of thioether (sulfide) groups is 1. The van der Waals surface area contributed by atoms with Crippen LogP contribution in [0.3, 0.4) is 0 Å². The molecule has 0 spiro atoms. The van der Waals surface area contributed by atoms with Gasteiger partial charge in [-0.2, -0.15) is 0 Å². The van der Waals surface area contributed by atoms with Gasteiger partial charge < -0.3 is 14.8 Å². The third kappa shape index (κ3) is 4.01. The van der Waals surface area contributed by atoms with Crippen LogP contribution < -0.4 is 10.1 Å². The number of benzene rings is 1. The average Bonchev–Trinajstić information content (AvgIpc) is 2.69. The molecule has 0 fully saturated rings. The second-order valence-electron chi connectivity index (χ2n) is 5.01. The third-order valence-corrected chi connectivity index (χ3v) is 3.96. The van der Waals surface area contributed by atoms with Crippen LogP contribution >= 0.6 is 11.8 Å². The highest BCUT2D eigenvalue weighted by atomic mass is 32.2. The van der Waals surface area contributed by atoms with Gasteiger partial charge in [-0.25, -0.2) is 0 Å². The molecular formula is C15H17NO4S. The number of anilines is 1. The van der Waals surface area contributed by atoms with Crippen LogP contribution in [0.1, 0.15) is 13.8 Å². The normalized spacial score (nSPS) is 16.3. The van der Waals surface area contributed by atoms with Crippen LogP contribution in [-0.2, 0) is 14.3 Å². The Hall–Kier alpha value is -1.95. The largest absolute Gasteiger partial charge is 0.497 e. The molecule has 1 N–H and O–H groups in total. The van der Waals surface area contributed by atoms with Crippen LogP contribution in [0.2, 0.25) is 0 Å². The lowest BCUT2D eigenvalue weighted by atomic mass is 10.1. The van der Waals surface area contributed by atoms with Crippen molar-refractivity contribution >= 4 is 28.5 Å². The number of carbonyl (C=O) groups is 2. The zero-order chi connectivity index (χ0) is 15.5. The van der Waals surface area contributed by atoms with Crippen molar-refractivity contribution in [2.75, 3.05) is 19.0 Å². The lowest BCUT2D eigenvalue weighted by Crippen LogP contribution is -2.23. The van der Waals surface area contributed by atoms with Gasteiger partial charge in [0.15, 0.2) is 6.61 Å². The van der Waals surface area contributed by atoms with Crippen molar-refractivity contribution in [1.29, 1.82) is 0 Å². The maximum atomic E-state index is 11.8. The lowest BCUT2D eigenvalue weighted by molar-refractivity contribution is -0.119. The minimum absolute atomic E-state index is 0.0504. The number of ether oxygens (including phenoxy) is 2. The van der Waals surface area contributed by atoms with Crippen molar-refractivity contribution in [3.8, 4) is 5.75 Å². The molecule has 112 valence electrons. The minimum atomic E-state index is -0.419. The van der Waals surface area contributed by atoms with E-state index >= 15 is 0 Å². The van der Waals surface area contributed by atoms with Crippen LogP contribution in [0.4, 0.5) is 5.69 Å². The van der Waals surface area contributed by atoms with E-state index in [-0.39, 0.29) is 17.6 Å².